The zero-order chi connectivity index (χ0) is 25.2. The molecule has 0 saturated carbocycles. The van der Waals surface area contributed by atoms with E-state index in [0.717, 1.165) is 43.8 Å². The van der Waals surface area contributed by atoms with E-state index in [1.165, 1.54) is 30.2 Å². The summed E-state index contributed by atoms with van der Waals surface area (Å²) >= 11 is 0.868. The standard InChI is InChI=1S/C25H25F3N2O4S/c1-16-5-7-19(18(13-16)25(26,27)28)34-20-8-6-17(14-21(20)33-2)15-22-23(31)30(24(32)35-22)12-11-29-9-3-4-10-29/h5-8,13-15H,3-4,9-12H2,1-2H3/b22-15-. The summed E-state index contributed by atoms with van der Waals surface area (Å²) in [7, 11) is 1.37. The highest BCUT2D eigenvalue weighted by Gasteiger charge is 2.36. The molecule has 0 bridgehead atoms. The summed E-state index contributed by atoms with van der Waals surface area (Å²) in [6.45, 7) is 4.53. The smallest absolute Gasteiger partial charge is 0.419 e. The van der Waals surface area contributed by atoms with E-state index in [1.807, 2.05) is 0 Å². The molecule has 186 valence electrons. The fourth-order valence-corrected chi connectivity index (χ4v) is 4.89. The van der Waals surface area contributed by atoms with Crippen molar-refractivity contribution < 1.29 is 32.2 Å². The van der Waals surface area contributed by atoms with Gasteiger partial charge in [0.25, 0.3) is 11.1 Å². The number of rotatable bonds is 7. The molecule has 2 aliphatic heterocycles. The Hall–Kier alpha value is -2.98. The van der Waals surface area contributed by atoms with Gasteiger partial charge in [-0.05, 0) is 80.5 Å². The number of ether oxygens (including phenoxy) is 2. The van der Waals surface area contributed by atoms with E-state index in [2.05, 4.69) is 4.90 Å². The fourth-order valence-electron chi connectivity index (χ4n) is 4.02. The van der Waals surface area contributed by atoms with E-state index in [0.29, 0.717) is 24.2 Å². The van der Waals surface area contributed by atoms with Gasteiger partial charge in [0.05, 0.1) is 17.6 Å². The molecule has 0 aliphatic carbocycles. The van der Waals surface area contributed by atoms with Crippen molar-refractivity contribution in [2.24, 2.45) is 0 Å². The molecule has 2 heterocycles. The Kier molecular flexibility index (Phi) is 7.42. The van der Waals surface area contributed by atoms with Gasteiger partial charge >= 0.3 is 6.18 Å². The van der Waals surface area contributed by atoms with Gasteiger partial charge in [-0.1, -0.05) is 17.7 Å². The van der Waals surface area contributed by atoms with Crippen LogP contribution in [-0.4, -0.2) is 54.2 Å². The molecule has 10 heteroatoms. The second kappa shape index (κ2) is 10.3. The van der Waals surface area contributed by atoms with Gasteiger partial charge in [0.2, 0.25) is 0 Å². The number of benzene rings is 2. The third kappa shape index (κ3) is 5.82. The van der Waals surface area contributed by atoms with E-state index in [1.54, 1.807) is 25.1 Å². The van der Waals surface area contributed by atoms with E-state index in [-0.39, 0.29) is 33.3 Å². The predicted molar refractivity (Wildman–Crippen MR) is 128 cm³/mol. The lowest BCUT2D eigenvalue weighted by Crippen LogP contribution is -2.36. The highest BCUT2D eigenvalue weighted by Crippen LogP contribution is 2.41. The van der Waals surface area contributed by atoms with Gasteiger partial charge < -0.3 is 14.4 Å². The van der Waals surface area contributed by atoms with Gasteiger partial charge in [-0.3, -0.25) is 14.5 Å². The lowest BCUT2D eigenvalue weighted by atomic mass is 10.1. The van der Waals surface area contributed by atoms with Crippen LogP contribution in [0.25, 0.3) is 6.08 Å². The van der Waals surface area contributed by atoms with Crippen LogP contribution >= 0.6 is 11.8 Å². The molecular weight excluding hydrogens is 481 g/mol. The van der Waals surface area contributed by atoms with Crippen LogP contribution in [0.3, 0.4) is 0 Å². The zero-order valence-electron chi connectivity index (χ0n) is 19.4. The number of aryl methyl sites for hydroxylation is 1. The minimum absolute atomic E-state index is 0.0951. The summed E-state index contributed by atoms with van der Waals surface area (Å²) in [6, 6.07) is 8.44. The maximum atomic E-state index is 13.5. The first-order valence-electron chi connectivity index (χ1n) is 11.2. The maximum Gasteiger partial charge on any atom is 0.419 e. The Labute approximate surface area is 205 Å². The molecule has 2 aliphatic rings. The molecule has 2 aromatic rings. The first-order valence-corrected chi connectivity index (χ1v) is 12.0. The summed E-state index contributed by atoms with van der Waals surface area (Å²) in [5.74, 6) is -0.403. The number of carbonyl (C=O) groups excluding carboxylic acids is 2. The topological polar surface area (TPSA) is 59.1 Å². The van der Waals surface area contributed by atoms with Gasteiger partial charge in [0.1, 0.15) is 5.75 Å². The zero-order valence-corrected chi connectivity index (χ0v) is 20.2. The van der Waals surface area contributed by atoms with E-state index in [9.17, 15) is 22.8 Å². The number of imide groups is 1. The van der Waals surface area contributed by atoms with Crippen molar-refractivity contribution in [2.45, 2.75) is 25.9 Å². The van der Waals surface area contributed by atoms with Crippen molar-refractivity contribution in [3.63, 3.8) is 0 Å². The number of likely N-dealkylation sites (tertiary alicyclic amines) is 1. The van der Waals surface area contributed by atoms with Crippen LogP contribution in [0.4, 0.5) is 18.0 Å². The van der Waals surface area contributed by atoms with E-state index >= 15 is 0 Å². The van der Waals surface area contributed by atoms with Crippen molar-refractivity contribution in [3.8, 4) is 17.2 Å². The normalized spacial score (nSPS) is 18.1. The highest BCUT2D eigenvalue weighted by molar-refractivity contribution is 8.18. The summed E-state index contributed by atoms with van der Waals surface area (Å²) in [5, 5.41) is -0.314. The summed E-state index contributed by atoms with van der Waals surface area (Å²) in [4.78, 5) is 28.9. The number of amides is 2. The average Bonchev–Trinajstić information content (AvgIpc) is 3.42. The molecule has 2 amide bonds. The Bertz CT molecular complexity index is 1160. The third-order valence-corrected chi connectivity index (χ3v) is 6.77. The maximum absolute atomic E-state index is 13.5. The largest absolute Gasteiger partial charge is 0.493 e. The monoisotopic (exact) mass is 506 g/mol. The molecule has 0 spiro atoms. The molecule has 0 N–H and O–H groups in total. The highest BCUT2D eigenvalue weighted by atomic mass is 32.2. The molecule has 4 rings (SSSR count). The van der Waals surface area contributed by atoms with Gasteiger partial charge in [-0.25, -0.2) is 0 Å². The molecule has 2 aromatic carbocycles. The van der Waals surface area contributed by atoms with E-state index in [4.69, 9.17) is 9.47 Å². The van der Waals surface area contributed by atoms with Crippen LogP contribution in [0.2, 0.25) is 0 Å². The van der Waals surface area contributed by atoms with Crippen molar-refractivity contribution in [3.05, 3.63) is 58.0 Å². The van der Waals surface area contributed by atoms with Crippen LogP contribution in [0.1, 0.15) is 29.5 Å². The Morgan fingerprint density at radius 3 is 2.40 bits per heavy atom. The third-order valence-electron chi connectivity index (χ3n) is 5.86. The molecule has 0 aromatic heterocycles. The second-order valence-electron chi connectivity index (χ2n) is 8.39. The van der Waals surface area contributed by atoms with Gasteiger partial charge in [-0.15, -0.1) is 0 Å². The number of carbonyl (C=O) groups is 2. The summed E-state index contributed by atoms with van der Waals surface area (Å²) < 4.78 is 51.3. The van der Waals surface area contributed by atoms with Crippen LogP contribution < -0.4 is 9.47 Å². The van der Waals surface area contributed by atoms with Gasteiger partial charge in [0, 0.05) is 13.1 Å². The van der Waals surface area contributed by atoms with E-state index < -0.39 is 11.7 Å². The Morgan fingerprint density at radius 2 is 1.71 bits per heavy atom. The molecule has 35 heavy (non-hydrogen) atoms. The number of thioether (sulfide) groups is 1. The molecule has 2 fully saturated rings. The van der Waals surface area contributed by atoms with Crippen molar-refractivity contribution >= 4 is 29.0 Å². The SMILES string of the molecule is COc1cc(/C=C2\SC(=O)N(CCN3CCCC3)C2=O)ccc1Oc1ccc(C)cc1C(F)(F)F. The number of nitrogens with zero attached hydrogens (tertiary/aromatic N) is 2. The molecule has 2 saturated heterocycles. The van der Waals surface area contributed by atoms with Gasteiger partial charge in [0.15, 0.2) is 11.5 Å². The number of hydrogen-bond acceptors (Lipinski definition) is 6. The Morgan fingerprint density at radius 1 is 1.00 bits per heavy atom. The first-order chi connectivity index (χ1) is 16.7. The van der Waals surface area contributed by atoms with Crippen LogP contribution in [0.5, 0.6) is 17.2 Å². The molecule has 0 atom stereocenters. The lowest BCUT2D eigenvalue weighted by Gasteiger charge is -2.18. The summed E-state index contributed by atoms with van der Waals surface area (Å²) in [5.41, 5.74) is 0.131. The summed E-state index contributed by atoms with van der Waals surface area (Å²) in [6.07, 6.45) is -0.748. The van der Waals surface area contributed by atoms with Crippen molar-refractivity contribution in [1.82, 2.24) is 9.80 Å². The average molecular weight is 507 g/mol. The lowest BCUT2D eigenvalue weighted by molar-refractivity contribution is -0.138. The predicted octanol–water partition coefficient (Wildman–Crippen LogP) is 5.95. The van der Waals surface area contributed by atoms with Crippen molar-refractivity contribution in [1.29, 1.82) is 0 Å². The Balaban J connectivity index is 1.52. The quantitative estimate of drug-likeness (QED) is 0.433. The minimum atomic E-state index is -4.58. The molecule has 6 nitrogen and oxygen atoms in total. The number of methoxy groups -OCH3 is 1. The molecule has 0 unspecified atom stereocenters. The minimum Gasteiger partial charge on any atom is -0.493 e. The second-order valence-corrected chi connectivity index (χ2v) is 9.39. The molecular formula is C25H25F3N2O4S. The van der Waals surface area contributed by atoms with Crippen LogP contribution in [-0.2, 0) is 11.0 Å². The van der Waals surface area contributed by atoms with Crippen LogP contribution in [0.15, 0.2) is 41.3 Å². The molecule has 0 radical (unpaired) electrons. The number of alkyl halides is 3. The number of hydrogen-bond donors (Lipinski definition) is 0. The van der Waals surface area contributed by atoms with Crippen LogP contribution in [0, 0.1) is 6.92 Å². The van der Waals surface area contributed by atoms with Gasteiger partial charge in [-0.2, -0.15) is 13.2 Å². The number of halogens is 3. The first kappa shape index (κ1) is 25.1. The van der Waals surface area contributed by atoms with Crippen molar-refractivity contribution in [2.75, 3.05) is 33.3 Å². The fraction of sp³-hybridized carbons (Fsp3) is 0.360.